The number of nitrogen functional groups attached to an aromatic ring is 1. The Labute approximate surface area is 116 Å². The number of nitrogens with two attached hydrogens (primary N) is 1. The summed E-state index contributed by atoms with van der Waals surface area (Å²) in [7, 11) is 0. The van der Waals surface area contributed by atoms with Gasteiger partial charge in [-0.2, -0.15) is 4.98 Å². The molecule has 1 aliphatic heterocycles. The molecule has 1 aromatic heterocycles. The van der Waals surface area contributed by atoms with E-state index in [2.05, 4.69) is 15.3 Å². The van der Waals surface area contributed by atoms with E-state index in [0.29, 0.717) is 12.4 Å². The molecule has 0 spiro atoms. The van der Waals surface area contributed by atoms with Gasteiger partial charge in [0.1, 0.15) is 18.1 Å². The second kappa shape index (κ2) is 5.72. The third kappa shape index (κ3) is 2.63. The summed E-state index contributed by atoms with van der Waals surface area (Å²) in [4.78, 5) is 32.7. The predicted octanol–water partition coefficient (Wildman–Crippen LogP) is -0.301. The van der Waals surface area contributed by atoms with E-state index >= 15 is 0 Å². The van der Waals surface area contributed by atoms with Gasteiger partial charge in [-0.3, -0.25) is 14.9 Å². The average molecular weight is 279 g/mol. The summed E-state index contributed by atoms with van der Waals surface area (Å²) in [5.41, 5.74) is 6.21. The Kier molecular flexibility index (Phi) is 4.02. The van der Waals surface area contributed by atoms with Crippen LogP contribution in [0, 0.1) is 0 Å². The van der Waals surface area contributed by atoms with Gasteiger partial charge in [0.2, 0.25) is 17.7 Å². The number of hydrogen-bond donors (Lipinski definition) is 2. The van der Waals surface area contributed by atoms with Gasteiger partial charge in [-0.1, -0.05) is 6.92 Å². The van der Waals surface area contributed by atoms with Crippen molar-refractivity contribution >= 4 is 23.3 Å². The number of aromatic nitrogens is 2. The highest BCUT2D eigenvalue weighted by atomic mass is 16.5. The molecule has 0 aromatic carbocycles. The Morgan fingerprint density at radius 2 is 2.25 bits per heavy atom. The van der Waals surface area contributed by atoms with Crippen LogP contribution in [0.3, 0.4) is 0 Å². The van der Waals surface area contributed by atoms with Crippen molar-refractivity contribution < 1.29 is 14.3 Å². The third-order valence-corrected chi connectivity index (χ3v) is 2.96. The van der Waals surface area contributed by atoms with Crippen molar-refractivity contribution in [2.75, 3.05) is 23.8 Å². The number of piperazine rings is 1. The molecule has 0 saturated carbocycles. The lowest BCUT2D eigenvalue weighted by molar-refractivity contribution is -0.132. The summed E-state index contributed by atoms with van der Waals surface area (Å²) in [5, 5.41) is 2.26. The zero-order chi connectivity index (χ0) is 14.7. The average Bonchev–Trinajstić information content (AvgIpc) is 2.42. The third-order valence-electron chi connectivity index (χ3n) is 2.96. The van der Waals surface area contributed by atoms with Gasteiger partial charge in [-0.15, -0.1) is 0 Å². The fourth-order valence-electron chi connectivity index (χ4n) is 1.89. The molecular formula is C12H17N5O3. The first-order valence-corrected chi connectivity index (χ1v) is 6.38. The van der Waals surface area contributed by atoms with Crippen molar-refractivity contribution in [3.8, 4) is 5.88 Å². The van der Waals surface area contributed by atoms with Crippen LogP contribution >= 0.6 is 0 Å². The zero-order valence-electron chi connectivity index (χ0n) is 11.4. The molecule has 8 nitrogen and oxygen atoms in total. The van der Waals surface area contributed by atoms with Gasteiger partial charge >= 0.3 is 0 Å². The second-order valence-corrected chi connectivity index (χ2v) is 4.48. The fourth-order valence-corrected chi connectivity index (χ4v) is 1.89. The molecule has 1 aromatic rings. The number of anilines is 2. The van der Waals surface area contributed by atoms with Gasteiger partial charge in [0.15, 0.2) is 5.82 Å². The highest BCUT2D eigenvalue weighted by Crippen LogP contribution is 2.29. The normalized spacial score (nSPS) is 18.9. The number of hydrogen-bond acceptors (Lipinski definition) is 7. The summed E-state index contributed by atoms with van der Waals surface area (Å²) in [6.45, 7) is 4.14. The van der Waals surface area contributed by atoms with E-state index in [1.807, 2.05) is 6.92 Å². The molecule has 1 fully saturated rings. The lowest BCUT2D eigenvalue weighted by atomic mass is 10.2. The monoisotopic (exact) mass is 279 g/mol. The van der Waals surface area contributed by atoms with Crippen LogP contribution in [0.25, 0.3) is 0 Å². The van der Waals surface area contributed by atoms with Gasteiger partial charge in [-0.05, 0) is 13.3 Å². The molecule has 1 saturated heterocycles. The van der Waals surface area contributed by atoms with E-state index in [-0.39, 0.29) is 29.9 Å². The van der Waals surface area contributed by atoms with E-state index in [1.165, 1.54) is 11.2 Å². The minimum atomic E-state index is -0.538. The van der Waals surface area contributed by atoms with E-state index in [4.69, 9.17) is 10.5 Å². The molecular weight excluding hydrogens is 262 g/mol. The Bertz CT molecular complexity index is 534. The van der Waals surface area contributed by atoms with E-state index in [0.717, 1.165) is 6.42 Å². The summed E-state index contributed by atoms with van der Waals surface area (Å²) < 4.78 is 5.42. The standard InChI is InChI=1S/C12H17N5O3/c1-3-4-20-12-9(13)10(14-6-15-12)17-5-8(18)16-11(19)7(17)2/h6-7H,3-5,13H2,1-2H3,(H,16,18,19). The van der Waals surface area contributed by atoms with Crippen LogP contribution in [-0.2, 0) is 9.59 Å². The Hall–Kier alpha value is -2.38. The van der Waals surface area contributed by atoms with Crippen molar-refractivity contribution in [2.24, 2.45) is 0 Å². The molecule has 0 bridgehead atoms. The highest BCUT2D eigenvalue weighted by molar-refractivity contribution is 6.04. The van der Waals surface area contributed by atoms with Crippen molar-refractivity contribution in [1.82, 2.24) is 15.3 Å². The summed E-state index contributed by atoms with van der Waals surface area (Å²) in [6.07, 6.45) is 2.13. The van der Waals surface area contributed by atoms with E-state index in [1.54, 1.807) is 6.92 Å². The van der Waals surface area contributed by atoms with Crippen molar-refractivity contribution in [2.45, 2.75) is 26.3 Å². The van der Waals surface area contributed by atoms with Crippen LogP contribution < -0.4 is 20.7 Å². The molecule has 1 unspecified atom stereocenters. The first kappa shape index (κ1) is 14.0. The SMILES string of the molecule is CCCOc1ncnc(N2CC(=O)NC(=O)C2C)c1N. The van der Waals surface area contributed by atoms with Crippen LogP contribution in [0.2, 0.25) is 0 Å². The van der Waals surface area contributed by atoms with Gasteiger partial charge < -0.3 is 15.4 Å². The van der Waals surface area contributed by atoms with E-state index in [9.17, 15) is 9.59 Å². The van der Waals surface area contributed by atoms with Gasteiger partial charge in [0.05, 0.1) is 13.2 Å². The minimum Gasteiger partial charge on any atom is -0.476 e. The molecule has 8 heteroatoms. The predicted molar refractivity (Wildman–Crippen MR) is 72.2 cm³/mol. The molecule has 0 radical (unpaired) electrons. The topological polar surface area (TPSA) is 110 Å². The lowest BCUT2D eigenvalue weighted by Gasteiger charge is -2.33. The number of imide groups is 1. The quantitative estimate of drug-likeness (QED) is 0.728. The Morgan fingerprint density at radius 1 is 1.50 bits per heavy atom. The number of amides is 2. The lowest BCUT2D eigenvalue weighted by Crippen LogP contribution is -2.57. The molecule has 2 rings (SSSR count). The summed E-state index contributed by atoms with van der Waals surface area (Å²) >= 11 is 0. The molecule has 3 N–H and O–H groups in total. The van der Waals surface area contributed by atoms with E-state index < -0.39 is 6.04 Å². The van der Waals surface area contributed by atoms with Crippen LogP contribution in [0.1, 0.15) is 20.3 Å². The molecule has 2 heterocycles. The molecule has 20 heavy (non-hydrogen) atoms. The number of ether oxygens (including phenoxy) is 1. The van der Waals surface area contributed by atoms with Gasteiger partial charge in [0, 0.05) is 0 Å². The number of rotatable bonds is 4. The Balaban J connectivity index is 2.31. The molecule has 2 amide bonds. The maximum absolute atomic E-state index is 11.7. The Morgan fingerprint density at radius 3 is 2.95 bits per heavy atom. The van der Waals surface area contributed by atoms with Crippen molar-refractivity contribution in [3.05, 3.63) is 6.33 Å². The smallest absolute Gasteiger partial charge is 0.249 e. The second-order valence-electron chi connectivity index (χ2n) is 4.48. The fraction of sp³-hybridized carbons (Fsp3) is 0.500. The largest absolute Gasteiger partial charge is 0.476 e. The maximum atomic E-state index is 11.7. The maximum Gasteiger partial charge on any atom is 0.249 e. The zero-order valence-corrected chi connectivity index (χ0v) is 11.4. The van der Waals surface area contributed by atoms with Crippen LogP contribution in [0.15, 0.2) is 6.33 Å². The number of nitrogens with zero attached hydrogens (tertiary/aromatic N) is 3. The van der Waals surface area contributed by atoms with Crippen molar-refractivity contribution in [1.29, 1.82) is 0 Å². The summed E-state index contributed by atoms with van der Waals surface area (Å²) in [6, 6.07) is -0.538. The molecule has 1 aliphatic rings. The molecule has 108 valence electrons. The van der Waals surface area contributed by atoms with Crippen molar-refractivity contribution in [3.63, 3.8) is 0 Å². The highest BCUT2D eigenvalue weighted by Gasteiger charge is 2.32. The van der Waals surface area contributed by atoms with Crippen LogP contribution in [-0.4, -0.2) is 41.0 Å². The minimum absolute atomic E-state index is 0.0152. The first-order valence-electron chi connectivity index (χ1n) is 6.38. The molecule has 0 aliphatic carbocycles. The van der Waals surface area contributed by atoms with Crippen LogP contribution in [0.4, 0.5) is 11.5 Å². The summed E-state index contributed by atoms with van der Waals surface area (Å²) in [5.74, 6) is -0.165. The first-order chi connectivity index (χ1) is 9.54. The van der Waals surface area contributed by atoms with Crippen LogP contribution in [0.5, 0.6) is 5.88 Å². The number of carbonyl (C=O) groups is 2. The van der Waals surface area contributed by atoms with Gasteiger partial charge in [0.25, 0.3) is 0 Å². The number of nitrogens with one attached hydrogen (secondary N) is 1. The number of carbonyl (C=O) groups excluding carboxylic acids is 2. The van der Waals surface area contributed by atoms with Gasteiger partial charge in [-0.25, -0.2) is 4.98 Å². The molecule has 1 atom stereocenters.